The Morgan fingerprint density at radius 1 is 0.574 bits per heavy atom. The minimum Gasteiger partial charge on any atom is -0.453 e. The van der Waals surface area contributed by atoms with Crippen LogP contribution in [0.4, 0.5) is 9.59 Å². The van der Waals surface area contributed by atoms with Crippen LogP contribution in [-0.4, -0.2) is 117 Å². The summed E-state index contributed by atoms with van der Waals surface area (Å²) in [6.45, 7) is -0.686. The highest BCUT2D eigenvalue weighted by Crippen LogP contribution is 2.39. The lowest BCUT2D eigenvalue weighted by atomic mass is 10.0. The number of benzene rings is 4. The Bertz CT molecular complexity index is 2820. The summed E-state index contributed by atoms with van der Waals surface area (Å²) in [5.41, 5.74) is 5.23. The number of aromatic amines is 2. The highest BCUT2D eigenvalue weighted by atomic mass is 32.2. The third-order valence-electron chi connectivity index (χ3n) is 12.1. The lowest BCUT2D eigenvalue weighted by Gasteiger charge is -2.28. The Labute approximate surface area is 390 Å². The molecule has 0 saturated carbocycles. The van der Waals surface area contributed by atoms with Gasteiger partial charge in [-0.25, -0.2) is 19.6 Å². The minimum absolute atomic E-state index is 0.148. The Morgan fingerprint density at radius 2 is 0.912 bits per heavy atom. The third kappa shape index (κ3) is 10.1. The zero-order valence-corrected chi connectivity index (χ0v) is 38.1. The maximum atomic E-state index is 14.1. The van der Waals surface area contributed by atoms with Crippen LogP contribution < -0.4 is 10.6 Å². The van der Waals surface area contributed by atoms with Crippen LogP contribution in [0.15, 0.2) is 122 Å². The number of carbonyl (C=O) groups is 4. The largest absolute Gasteiger partial charge is 0.453 e. The number of nitrogens with one attached hydrogen (secondary N) is 4. The molecule has 2 fully saturated rings. The van der Waals surface area contributed by atoms with Gasteiger partial charge in [-0.3, -0.25) is 18.7 Å². The summed E-state index contributed by atoms with van der Waals surface area (Å²) in [4.78, 5) is 70.9. The lowest BCUT2D eigenvalue weighted by molar-refractivity contribution is -0.135. The molecule has 8 rings (SSSR count). The molecule has 4 amide bonds. The van der Waals surface area contributed by atoms with Crippen molar-refractivity contribution in [2.75, 3.05) is 27.3 Å². The molecule has 0 aliphatic carbocycles. The fourth-order valence-electron chi connectivity index (χ4n) is 8.57. The molecule has 2 aromatic heterocycles. The van der Waals surface area contributed by atoms with Gasteiger partial charge in [0.25, 0.3) is 32.1 Å². The number of nitrogens with zero attached hydrogens (tertiary/aromatic N) is 4. The molecular weight excluding hydrogens is 921 g/mol. The van der Waals surface area contributed by atoms with Crippen LogP contribution >= 0.6 is 0 Å². The van der Waals surface area contributed by atoms with Gasteiger partial charge in [-0.2, -0.15) is 16.8 Å². The van der Waals surface area contributed by atoms with E-state index in [1.807, 2.05) is 48.5 Å². The molecule has 0 spiro atoms. The van der Waals surface area contributed by atoms with Gasteiger partial charge in [-0.1, -0.05) is 109 Å². The van der Waals surface area contributed by atoms with E-state index in [9.17, 15) is 45.1 Å². The van der Waals surface area contributed by atoms with Crippen molar-refractivity contribution in [3.63, 3.8) is 0 Å². The third-order valence-corrected chi connectivity index (χ3v) is 14.5. The monoisotopic (exact) mass is 966 g/mol. The average Bonchev–Trinajstić information content (AvgIpc) is 4.19. The number of H-pyrrole nitrogens is 2. The second-order valence-electron chi connectivity index (χ2n) is 16.2. The number of carbonyl (C=O) groups excluding carboxylic acids is 4. The Kier molecular flexibility index (Phi) is 13.5. The topological polar surface area (TPSA) is 283 Å². The summed E-state index contributed by atoms with van der Waals surface area (Å²) < 4.78 is 79.0. The second-order valence-corrected chi connectivity index (χ2v) is 19.6. The lowest BCUT2D eigenvalue weighted by Crippen LogP contribution is -2.43. The van der Waals surface area contributed by atoms with E-state index in [0.717, 1.165) is 36.5 Å². The first-order valence-electron chi connectivity index (χ1n) is 21.2. The van der Waals surface area contributed by atoms with Crippen LogP contribution in [0.2, 0.25) is 0 Å². The number of imidazole rings is 2. The molecule has 4 heterocycles. The molecule has 4 aromatic carbocycles. The predicted octanol–water partition coefficient (Wildman–Crippen LogP) is 5.39. The van der Waals surface area contributed by atoms with Gasteiger partial charge in [-0.05, 0) is 46.2 Å². The number of likely N-dealkylation sites (tertiary alicyclic amines) is 2. The van der Waals surface area contributed by atoms with Crippen LogP contribution in [0, 0.1) is 0 Å². The molecule has 6 aromatic rings. The van der Waals surface area contributed by atoms with Crippen molar-refractivity contribution in [3.05, 3.63) is 144 Å². The van der Waals surface area contributed by atoms with E-state index in [2.05, 4.69) is 30.6 Å². The van der Waals surface area contributed by atoms with E-state index >= 15 is 0 Å². The molecule has 2 saturated heterocycles. The van der Waals surface area contributed by atoms with Gasteiger partial charge in [-0.15, -0.1) is 0 Å². The van der Waals surface area contributed by atoms with Crippen molar-refractivity contribution in [2.45, 2.75) is 47.5 Å². The predicted molar refractivity (Wildman–Crippen MR) is 245 cm³/mol. The van der Waals surface area contributed by atoms with Gasteiger partial charge in [0.1, 0.15) is 34.2 Å². The first-order chi connectivity index (χ1) is 32.5. The molecular formula is C46H46N8O12S2. The number of methoxy groups -OCH3 is 2. The molecule has 6 N–H and O–H groups in total. The Morgan fingerprint density at radius 3 is 1.24 bits per heavy atom. The molecule has 2 aliphatic heterocycles. The van der Waals surface area contributed by atoms with E-state index in [1.54, 1.807) is 73.1 Å². The van der Waals surface area contributed by atoms with E-state index in [1.165, 1.54) is 9.80 Å². The fourth-order valence-corrected chi connectivity index (χ4v) is 10.1. The number of hydrogen-bond acceptors (Lipinski definition) is 12. The number of aromatic nitrogens is 4. The molecule has 68 heavy (non-hydrogen) atoms. The first kappa shape index (κ1) is 47.1. The summed E-state index contributed by atoms with van der Waals surface area (Å²) in [6.07, 6.45) is 1.10. The van der Waals surface area contributed by atoms with Crippen LogP contribution in [0.3, 0.4) is 0 Å². The Balaban J connectivity index is 0.986. The maximum Gasteiger partial charge on any atom is 0.407 e. The quantitative estimate of drug-likeness (QED) is 0.0792. The van der Waals surface area contributed by atoms with Crippen molar-refractivity contribution in [1.82, 2.24) is 40.4 Å². The maximum absolute atomic E-state index is 14.1. The summed E-state index contributed by atoms with van der Waals surface area (Å²) in [5, 5.41) is 2.47. The summed E-state index contributed by atoms with van der Waals surface area (Å²) >= 11 is 0. The highest BCUT2D eigenvalue weighted by Gasteiger charge is 2.47. The number of alkyl carbamates (subject to hydrolysis) is 2. The fraction of sp³-hybridized carbons (Fsp3) is 0.261. The molecule has 354 valence electrons. The molecule has 0 unspecified atom stereocenters. The minimum atomic E-state index is -4.56. The number of rotatable bonds is 13. The molecule has 2 aliphatic rings. The van der Waals surface area contributed by atoms with E-state index < -0.39 is 78.9 Å². The van der Waals surface area contributed by atoms with Gasteiger partial charge in [0.2, 0.25) is 0 Å². The van der Waals surface area contributed by atoms with Crippen LogP contribution in [-0.2, 0) is 39.3 Å². The Hall–Kier alpha value is -7.40. The zero-order valence-electron chi connectivity index (χ0n) is 36.4. The van der Waals surface area contributed by atoms with Gasteiger partial charge in [0.15, 0.2) is 0 Å². The standard InChI is InChI=1S/C46H46N8O12S2/c1-65-45(57)51-39(31-9-5-3-6-10-31)43(55)53-25-33(67(59,60)61)21-37(53)41-47-23-35(49-41)29-17-13-27(14-18-29)28-15-19-30(20-16-28)36-24-48-42(50-36)38-22-34(68(62,63)64)26-54(38)44(56)40(52-46(58)66-2)32-11-7-4-8-12-32/h3-20,23-24,33-34,37-40H,21-22,25-26H2,1-2H3,(H,47,49)(H,48,50)(H,51,57)(H,52,58)(H,59,60,61)(H,62,63,64)/t33-,34-,37-,38-,39-,40-/m0/s1. The van der Waals surface area contributed by atoms with Crippen LogP contribution in [0.25, 0.3) is 33.6 Å². The van der Waals surface area contributed by atoms with Gasteiger partial charge >= 0.3 is 12.2 Å². The van der Waals surface area contributed by atoms with Crippen LogP contribution in [0.5, 0.6) is 0 Å². The van der Waals surface area contributed by atoms with Gasteiger partial charge in [0, 0.05) is 13.1 Å². The number of amides is 4. The van der Waals surface area contributed by atoms with Crippen molar-refractivity contribution in [1.29, 1.82) is 0 Å². The highest BCUT2D eigenvalue weighted by molar-refractivity contribution is 7.86. The molecule has 0 bridgehead atoms. The van der Waals surface area contributed by atoms with Gasteiger partial charge < -0.3 is 39.9 Å². The second kappa shape index (κ2) is 19.4. The van der Waals surface area contributed by atoms with Crippen LogP contribution in [0.1, 0.15) is 59.8 Å². The van der Waals surface area contributed by atoms with Crippen molar-refractivity contribution in [3.8, 4) is 33.6 Å². The summed E-state index contributed by atoms with van der Waals surface area (Å²) in [5.74, 6) is -0.681. The smallest absolute Gasteiger partial charge is 0.407 e. The van der Waals surface area contributed by atoms with E-state index in [0.29, 0.717) is 22.5 Å². The van der Waals surface area contributed by atoms with Crippen molar-refractivity contribution >= 4 is 44.2 Å². The first-order valence-corrected chi connectivity index (χ1v) is 24.2. The van der Waals surface area contributed by atoms with Gasteiger partial charge in [0.05, 0.1) is 50.1 Å². The summed E-state index contributed by atoms with van der Waals surface area (Å²) in [6, 6.07) is 27.6. The molecule has 0 radical (unpaired) electrons. The molecule has 6 atom stereocenters. The van der Waals surface area contributed by atoms with E-state index in [4.69, 9.17) is 9.47 Å². The van der Waals surface area contributed by atoms with Crippen molar-refractivity contribution < 1.29 is 54.6 Å². The number of ether oxygens (including phenoxy) is 2. The summed E-state index contributed by atoms with van der Waals surface area (Å²) in [7, 11) is -6.80. The normalized spacial score (nSPS) is 19.2. The molecule has 20 nitrogen and oxygen atoms in total. The van der Waals surface area contributed by atoms with E-state index in [-0.39, 0.29) is 37.6 Å². The molecule has 22 heteroatoms. The number of hydrogen-bond donors (Lipinski definition) is 6. The van der Waals surface area contributed by atoms with Crippen molar-refractivity contribution in [2.24, 2.45) is 0 Å². The average molecular weight is 967 g/mol. The SMILES string of the molecule is COC(=O)N[C@H](C(=O)N1C[C@@H](S(=O)(=O)O)C[C@H]1c1ncc(-c2ccc(-c3ccc(-c4cnc([C@@H]5C[C@H](S(=O)(=O)O)CN5C(=O)[C@@H](NC(=O)OC)c5ccccc5)[nH]4)cc3)cc2)[nH]1)c1ccccc1. The zero-order chi connectivity index (χ0) is 48.3.